The molecule has 2 aromatic rings. The third-order valence-corrected chi connectivity index (χ3v) is 3.28. The normalized spacial score (nSPS) is 20.2. The minimum absolute atomic E-state index is 0.553. The fourth-order valence-corrected chi connectivity index (χ4v) is 2.54. The van der Waals surface area contributed by atoms with E-state index < -0.39 is 0 Å². The van der Waals surface area contributed by atoms with Crippen LogP contribution in [0.4, 0.5) is 0 Å². The van der Waals surface area contributed by atoms with Crippen molar-refractivity contribution < 1.29 is 0 Å². The topological polar surface area (TPSA) is 41.8 Å². The molecule has 1 heterocycles. The lowest BCUT2D eigenvalue weighted by atomic mass is 10.1. The number of aryl methyl sites for hydroxylation is 1. The van der Waals surface area contributed by atoms with Crippen molar-refractivity contribution in [3.8, 4) is 0 Å². The van der Waals surface area contributed by atoms with Crippen LogP contribution in [-0.4, -0.2) is 11.5 Å². The molecule has 1 aliphatic carbocycles. The molecular weight excluding hydrogens is 172 g/mol. The number of hydrogen-bond donors (Lipinski definition) is 2. The Morgan fingerprint density at radius 2 is 2.21 bits per heavy atom. The largest absolute Gasteiger partial charge is 0.358 e. The standard InChI is InChI=1S/C12H14N2/c13-7-8-5-6-10-9-3-1-2-4-11(9)14-12(8)10/h1-4,8,14H,5-7,13H2. The lowest BCUT2D eigenvalue weighted by Gasteiger charge is -2.04. The molecule has 0 saturated carbocycles. The van der Waals surface area contributed by atoms with Gasteiger partial charge >= 0.3 is 0 Å². The Morgan fingerprint density at radius 1 is 1.36 bits per heavy atom. The molecule has 3 rings (SSSR count). The molecule has 0 amide bonds. The van der Waals surface area contributed by atoms with Gasteiger partial charge in [0.2, 0.25) is 0 Å². The molecule has 0 bridgehead atoms. The van der Waals surface area contributed by atoms with Crippen molar-refractivity contribution in [1.82, 2.24) is 4.98 Å². The first-order valence-electron chi connectivity index (χ1n) is 5.19. The number of para-hydroxylation sites is 1. The van der Waals surface area contributed by atoms with Crippen LogP contribution in [-0.2, 0) is 6.42 Å². The number of aromatic amines is 1. The van der Waals surface area contributed by atoms with E-state index in [1.165, 1.54) is 35.0 Å². The Morgan fingerprint density at radius 3 is 3.07 bits per heavy atom. The second-order valence-corrected chi connectivity index (χ2v) is 4.03. The first-order chi connectivity index (χ1) is 6.90. The van der Waals surface area contributed by atoms with Crippen LogP contribution >= 0.6 is 0 Å². The highest BCUT2D eigenvalue weighted by Gasteiger charge is 2.24. The maximum atomic E-state index is 5.75. The van der Waals surface area contributed by atoms with Gasteiger partial charge < -0.3 is 10.7 Å². The van der Waals surface area contributed by atoms with Crippen molar-refractivity contribution in [2.24, 2.45) is 5.73 Å². The van der Waals surface area contributed by atoms with E-state index in [1.807, 2.05) is 0 Å². The molecule has 1 aromatic heterocycles. The van der Waals surface area contributed by atoms with Crippen LogP contribution in [0.5, 0.6) is 0 Å². The first-order valence-corrected chi connectivity index (χ1v) is 5.19. The number of aromatic nitrogens is 1. The van der Waals surface area contributed by atoms with Crippen LogP contribution in [0.1, 0.15) is 23.6 Å². The summed E-state index contributed by atoms with van der Waals surface area (Å²) in [5.41, 5.74) is 9.89. The fourth-order valence-electron chi connectivity index (χ4n) is 2.54. The van der Waals surface area contributed by atoms with Crippen molar-refractivity contribution in [3.63, 3.8) is 0 Å². The Kier molecular flexibility index (Phi) is 1.64. The van der Waals surface area contributed by atoms with E-state index in [-0.39, 0.29) is 0 Å². The Bertz CT molecular complexity index is 470. The highest BCUT2D eigenvalue weighted by Crippen LogP contribution is 2.36. The predicted molar refractivity (Wildman–Crippen MR) is 58.4 cm³/mol. The van der Waals surface area contributed by atoms with Crippen molar-refractivity contribution in [3.05, 3.63) is 35.5 Å². The average Bonchev–Trinajstić information content (AvgIpc) is 2.75. The molecule has 72 valence electrons. The molecule has 0 fully saturated rings. The van der Waals surface area contributed by atoms with Gasteiger partial charge in [-0.15, -0.1) is 0 Å². The Labute approximate surface area is 83.1 Å². The Balaban J connectivity index is 2.26. The fraction of sp³-hybridized carbons (Fsp3) is 0.333. The maximum Gasteiger partial charge on any atom is 0.0459 e. The maximum absolute atomic E-state index is 5.75. The molecule has 3 N–H and O–H groups in total. The molecule has 0 saturated heterocycles. The molecule has 1 atom stereocenters. The van der Waals surface area contributed by atoms with Crippen LogP contribution in [0.2, 0.25) is 0 Å². The van der Waals surface area contributed by atoms with E-state index in [0.717, 1.165) is 6.54 Å². The van der Waals surface area contributed by atoms with Gasteiger partial charge in [0, 0.05) is 29.1 Å². The van der Waals surface area contributed by atoms with Gasteiger partial charge in [-0.1, -0.05) is 18.2 Å². The van der Waals surface area contributed by atoms with E-state index in [9.17, 15) is 0 Å². The van der Waals surface area contributed by atoms with Gasteiger partial charge in [0.05, 0.1) is 0 Å². The monoisotopic (exact) mass is 186 g/mol. The average molecular weight is 186 g/mol. The van der Waals surface area contributed by atoms with Gasteiger partial charge in [-0.3, -0.25) is 0 Å². The third-order valence-electron chi connectivity index (χ3n) is 3.28. The summed E-state index contributed by atoms with van der Waals surface area (Å²) in [5.74, 6) is 0.553. The second-order valence-electron chi connectivity index (χ2n) is 4.03. The van der Waals surface area contributed by atoms with Crippen molar-refractivity contribution in [2.45, 2.75) is 18.8 Å². The number of fused-ring (bicyclic) bond motifs is 3. The Hall–Kier alpha value is -1.28. The zero-order valence-corrected chi connectivity index (χ0v) is 8.09. The van der Waals surface area contributed by atoms with E-state index in [0.29, 0.717) is 5.92 Å². The zero-order chi connectivity index (χ0) is 9.54. The van der Waals surface area contributed by atoms with Crippen LogP contribution in [0.25, 0.3) is 10.9 Å². The van der Waals surface area contributed by atoms with Gasteiger partial charge in [0.25, 0.3) is 0 Å². The summed E-state index contributed by atoms with van der Waals surface area (Å²) in [7, 11) is 0. The SMILES string of the molecule is NCC1CCc2c1[nH]c1ccccc21. The van der Waals surface area contributed by atoms with Gasteiger partial charge in [-0.05, 0) is 24.5 Å². The highest BCUT2D eigenvalue weighted by molar-refractivity contribution is 5.85. The number of H-pyrrole nitrogens is 1. The predicted octanol–water partition coefficient (Wildman–Crippen LogP) is 2.16. The van der Waals surface area contributed by atoms with Crippen molar-refractivity contribution >= 4 is 10.9 Å². The summed E-state index contributed by atoms with van der Waals surface area (Å²) in [6.07, 6.45) is 2.39. The lowest BCUT2D eigenvalue weighted by Crippen LogP contribution is -2.09. The molecule has 2 nitrogen and oxygen atoms in total. The quantitative estimate of drug-likeness (QED) is 0.704. The summed E-state index contributed by atoms with van der Waals surface area (Å²) in [4.78, 5) is 3.50. The molecule has 0 aliphatic heterocycles. The van der Waals surface area contributed by atoms with Crippen molar-refractivity contribution in [2.75, 3.05) is 6.54 Å². The minimum Gasteiger partial charge on any atom is -0.358 e. The molecule has 14 heavy (non-hydrogen) atoms. The summed E-state index contributed by atoms with van der Waals surface area (Å²) in [6.45, 7) is 0.764. The van der Waals surface area contributed by atoms with E-state index in [1.54, 1.807) is 0 Å². The number of rotatable bonds is 1. The van der Waals surface area contributed by atoms with Gasteiger partial charge in [0.15, 0.2) is 0 Å². The smallest absolute Gasteiger partial charge is 0.0459 e. The van der Waals surface area contributed by atoms with E-state index in [4.69, 9.17) is 5.73 Å². The number of benzene rings is 1. The van der Waals surface area contributed by atoms with Crippen LogP contribution in [0.3, 0.4) is 0 Å². The number of hydrogen-bond acceptors (Lipinski definition) is 1. The number of nitrogens with two attached hydrogens (primary N) is 1. The van der Waals surface area contributed by atoms with Crippen molar-refractivity contribution in [1.29, 1.82) is 0 Å². The van der Waals surface area contributed by atoms with Gasteiger partial charge in [-0.2, -0.15) is 0 Å². The molecule has 1 unspecified atom stereocenters. The van der Waals surface area contributed by atoms with E-state index >= 15 is 0 Å². The summed E-state index contributed by atoms with van der Waals surface area (Å²) in [6, 6.07) is 8.52. The number of nitrogens with one attached hydrogen (secondary N) is 1. The zero-order valence-electron chi connectivity index (χ0n) is 8.09. The molecule has 0 radical (unpaired) electrons. The van der Waals surface area contributed by atoms with Crippen LogP contribution in [0.15, 0.2) is 24.3 Å². The molecule has 1 aromatic carbocycles. The molecule has 2 heteroatoms. The molecular formula is C12H14N2. The van der Waals surface area contributed by atoms with Gasteiger partial charge in [-0.25, -0.2) is 0 Å². The van der Waals surface area contributed by atoms with Crippen LogP contribution in [0, 0.1) is 0 Å². The van der Waals surface area contributed by atoms with Crippen LogP contribution < -0.4 is 5.73 Å². The minimum atomic E-state index is 0.553. The third kappa shape index (κ3) is 0.946. The summed E-state index contributed by atoms with van der Waals surface area (Å²) in [5, 5.41) is 1.39. The second kappa shape index (κ2) is 2.85. The van der Waals surface area contributed by atoms with E-state index in [2.05, 4.69) is 29.2 Å². The summed E-state index contributed by atoms with van der Waals surface area (Å²) < 4.78 is 0. The molecule has 0 spiro atoms. The lowest BCUT2D eigenvalue weighted by molar-refractivity contribution is 0.675. The highest BCUT2D eigenvalue weighted by atomic mass is 14.8. The first kappa shape index (κ1) is 8.06. The molecule has 1 aliphatic rings. The van der Waals surface area contributed by atoms with Gasteiger partial charge in [0.1, 0.15) is 0 Å². The summed E-state index contributed by atoms with van der Waals surface area (Å²) >= 11 is 0.